The maximum atomic E-state index is 6.14. The van der Waals surface area contributed by atoms with Gasteiger partial charge in [0.2, 0.25) is 0 Å². The molecule has 2 atom stereocenters. The van der Waals surface area contributed by atoms with Crippen molar-refractivity contribution >= 4 is 0 Å². The van der Waals surface area contributed by atoms with E-state index in [1.54, 1.807) is 0 Å². The van der Waals surface area contributed by atoms with Gasteiger partial charge in [0.05, 0.1) is 0 Å². The summed E-state index contributed by atoms with van der Waals surface area (Å²) in [6.07, 6.45) is 2.42. The lowest BCUT2D eigenvalue weighted by Gasteiger charge is -2.42. The third kappa shape index (κ3) is 4.98. The fraction of sp³-hybridized carbons (Fsp3) is 1.00. The molecule has 15 heavy (non-hydrogen) atoms. The van der Waals surface area contributed by atoms with Crippen molar-refractivity contribution in [1.82, 2.24) is 4.90 Å². The molecule has 2 unspecified atom stereocenters. The standard InChI is InChI=1S/C13H30N2/c1-7-9-15(10-8-2)12(11(3)14)13(4,5)6/h11-12H,7-10,14H2,1-6H3. The van der Waals surface area contributed by atoms with E-state index in [0.29, 0.717) is 6.04 Å². The van der Waals surface area contributed by atoms with E-state index in [2.05, 4.69) is 46.4 Å². The van der Waals surface area contributed by atoms with Crippen LogP contribution in [-0.4, -0.2) is 30.1 Å². The third-order valence-corrected chi connectivity index (χ3v) is 2.80. The largest absolute Gasteiger partial charge is 0.327 e. The summed E-state index contributed by atoms with van der Waals surface area (Å²) in [5, 5.41) is 0. The molecule has 2 nitrogen and oxygen atoms in total. The molecule has 0 spiro atoms. The van der Waals surface area contributed by atoms with Crippen molar-refractivity contribution in [3.8, 4) is 0 Å². The predicted octanol–water partition coefficient (Wildman–Crippen LogP) is 2.87. The highest BCUT2D eigenvalue weighted by Gasteiger charge is 2.32. The molecular formula is C13H30N2. The van der Waals surface area contributed by atoms with Crippen molar-refractivity contribution in [3.05, 3.63) is 0 Å². The molecule has 0 aliphatic heterocycles. The van der Waals surface area contributed by atoms with Crippen LogP contribution in [0.2, 0.25) is 0 Å². The van der Waals surface area contributed by atoms with Gasteiger partial charge in [-0.05, 0) is 38.3 Å². The van der Waals surface area contributed by atoms with Crippen molar-refractivity contribution in [1.29, 1.82) is 0 Å². The molecule has 0 aromatic rings. The van der Waals surface area contributed by atoms with Crippen LogP contribution in [0, 0.1) is 5.41 Å². The monoisotopic (exact) mass is 214 g/mol. The highest BCUT2D eigenvalue weighted by molar-refractivity contribution is 4.88. The van der Waals surface area contributed by atoms with Crippen molar-refractivity contribution in [2.75, 3.05) is 13.1 Å². The van der Waals surface area contributed by atoms with Crippen LogP contribution in [0.25, 0.3) is 0 Å². The van der Waals surface area contributed by atoms with Gasteiger partial charge in [0.1, 0.15) is 0 Å². The molecule has 0 aromatic heterocycles. The van der Waals surface area contributed by atoms with E-state index < -0.39 is 0 Å². The highest BCUT2D eigenvalue weighted by atomic mass is 15.2. The van der Waals surface area contributed by atoms with Crippen molar-refractivity contribution < 1.29 is 0 Å². The molecule has 0 heterocycles. The lowest BCUT2D eigenvalue weighted by Crippen LogP contribution is -2.54. The third-order valence-electron chi connectivity index (χ3n) is 2.80. The maximum absolute atomic E-state index is 6.14. The topological polar surface area (TPSA) is 29.3 Å². The van der Waals surface area contributed by atoms with Gasteiger partial charge in [-0.25, -0.2) is 0 Å². The van der Waals surface area contributed by atoms with Gasteiger partial charge in [-0.2, -0.15) is 0 Å². The molecule has 92 valence electrons. The molecule has 0 aliphatic carbocycles. The van der Waals surface area contributed by atoms with Crippen LogP contribution in [0.5, 0.6) is 0 Å². The molecule has 0 rings (SSSR count). The van der Waals surface area contributed by atoms with Crippen molar-refractivity contribution in [2.45, 2.75) is 66.5 Å². The van der Waals surface area contributed by atoms with Crippen molar-refractivity contribution in [2.24, 2.45) is 11.1 Å². The fourth-order valence-corrected chi connectivity index (χ4v) is 2.63. The van der Waals surface area contributed by atoms with Crippen LogP contribution in [0.3, 0.4) is 0 Å². The van der Waals surface area contributed by atoms with Crippen LogP contribution in [0.4, 0.5) is 0 Å². The Morgan fingerprint density at radius 2 is 1.47 bits per heavy atom. The summed E-state index contributed by atoms with van der Waals surface area (Å²) in [7, 11) is 0. The Hall–Kier alpha value is -0.0800. The Bertz CT molecular complexity index is 152. The number of hydrogen-bond acceptors (Lipinski definition) is 2. The van der Waals surface area contributed by atoms with E-state index in [9.17, 15) is 0 Å². The molecule has 0 saturated carbocycles. The van der Waals surface area contributed by atoms with Gasteiger partial charge in [-0.15, -0.1) is 0 Å². The quantitative estimate of drug-likeness (QED) is 0.736. The van der Waals surface area contributed by atoms with E-state index in [0.717, 1.165) is 13.1 Å². The van der Waals surface area contributed by atoms with Crippen LogP contribution in [-0.2, 0) is 0 Å². The average Bonchev–Trinajstić information content (AvgIpc) is 2.01. The van der Waals surface area contributed by atoms with Gasteiger partial charge in [0, 0.05) is 12.1 Å². The average molecular weight is 214 g/mol. The summed E-state index contributed by atoms with van der Waals surface area (Å²) < 4.78 is 0. The van der Waals surface area contributed by atoms with E-state index >= 15 is 0 Å². The van der Waals surface area contributed by atoms with E-state index in [4.69, 9.17) is 5.73 Å². The summed E-state index contributed by atoms with van der Waals surface area (Å²) in [5.74, 6) is 0. The Kier molecular flexibility index (Phi) is 6.46. The highest BCUT2D eigenvalue weighted by Crippen LogP contribution is 2.26. The van der Waals surface area contributed by atoms with Gasteiger partial charge < -0.3 is 5.73 Å². The zero-order valence-electron chi connectivity index (χ0n) is 11.5. The molecule has 0 aliphatic rings. The summed E-state index contributed by atoms with van der Waals surface area (Å²) in [6.45, 7) is 15.8. The van der Waals surface area contributed by atoms with E-state index in [1.807, 2.05) is 0 Å². The Morgan fingerprint density at radius 3 is 1.67 bits per heavy atom. The normalized spacial score (nSPS) is 16.8. The first kappa shape index (κ1) is 14.9. The summed E-state index contributed by atoms with van der Waals surface area (Å²) in [4.78, 5) is 2.56. The number of nitrogens with two attached hydrogens (primary N) is 1. The lowest BCUT2D eigenvalue weighted by atomic mass is 9.81. The predicted molar refractivity (Wildman–Crippen MR) is 69.0 cm³/mol. The summed E-state index contributed by atoms with van der Waals surface area (Å²) >= 11 is 0. The van der Waals surface area contributed by atoms with Crippen LogP contribution < -0.4 is 5.73 Å². The first-order chi connectivity index (χ1) is 6.84. The van der Waals surface area contributed by atoms with Crippen LogP contribution >= 0.6 is 0 Å². The first-order valence-corrected chi connectivity index (χ1v) is 6.34. The molecule has 0 radical (unpaired) electrons. The van der Waals surface area contributed by atoms with Gasteiger partial charge >= 0.3 is 0 Å². The number of nitrogens with zero attached hydrogens (tertiary/aromatic N) is 1. The van der Waals surface area contributed by atoms with Crippen LogP contribution in [0.15, 0.2) is 0 Å². The summed E-state index contributed by atoms with van der Waals surface area (Å²) in [5.41, 5.74) is 6.40. The lowest BCUT2D eigenvalue weighted by molar-refractivity contribution is 0.0817. The van der Waals surface area contributed by atoms with Gasteiger partial charge in [0.25, 0.3) is 0 Å². The fourth-order valence-electron chi connectivity index (χ4n) is 2.63. The van der Waals surface area contributed by atoms with Crippen LogP contribution in [0.1, 0.15) is 54.4 Å². The second-order valence-corrected chi connectivity index (χ2v) is 5.71. The Labute approximate surface area is 96.2 Å². The van der Waals surface area contributed by atoms with Gasteiger partial charge in [-0.3, -0.25) is 4.90 Å². The Morgan fingerprint density at radius 1 is 1.07 bits per heavy atom. The maximum Gasteiger partial charge on any atom is 0.0292 e. The minimum absolute atomic E-state index is 0.239. The Balaban J connectivity index is 4.67. The molecule has 2 N–H and O–H groups in total. The number of hydrogen-bond donors (Lipinski definition) is 1. The molecule has 0 amide bonds. The number of rotatable bonds is 6. The van der Waals surface area contributed by atoms with Crippen molar-refractivity contribution in [3.63, 3.8) is 0 Å². The SMILES string of the molecule is CCCN(CCC)C(C(C)N)C(C)(C)C. The molecule has 0 fully saturated rings. The molecule has 2 heteroatoms. The smallest absolute Gasteiger partial charge is 0.0292 e. The zero-order chi connectivity index (χ0) is 12.1. The first-order valence-electron chi connectivity index (χ1n) is 6.34. The minimum Gasteiger partial charge on any atom is -0.327 e. The molecule has 0 saturated heterocycles. The second kappa shape index (κ2) is 6.49. The zero-order valence-corrected chi connectivity index (χ0v) is 11.5. The molecule has 0 aromatic carbocycles. The molecular weight excluding hydrogens is 184 g/mol. The second-order valence-electron chi connectivity index (χ2n) is 5.71. The van der Waals surface area contributed by atoms with Gasteiger partial charge in [-0.1, -0.05) is 34.6 Å². The van der Waals surface area contributed by atoms with Gasteiger partial charge in [0.15, 0.2) is 0 Å². The summed E-state index contributed by atoms with van der Waals surface area (Å²) in [6, 6.07) is 0.723. The van der Waals surface area contributed by atoms with E-state index in [1.165, 1.54) is 12.8 Å². The molecule has 0 bridgehead atoms. The minimum atomic E-state index is 0.239. The van der Waals surface area contributed by atoms with E-state index in [-0.39, 0.29) is 11.5 Å².